The second-order valence-corrected chi connectivity index (χ2v) is 2.71. The van der Waals surface area contributed by atoms with Gasteiger partial charge in [-0.3, -0.25) is 20.5 Å². The van der Waals surface area contributed by atoms with Gasteiger partial charge in [0.05, 0.1) is 0 Å². The van der Waals surface area contributed by atoms with E-state index in [0.717, 1.165) is 32.1 Å². The fraction of sp³-hybridized carbons (Fsp3) is 0.714. The molecular weight excluding hydrogens is 158 g/mol. The average molecular weight is 171 g/mol. The largest absolute Gasteiger partial charge is 0.354 e. The molecule has 0 aliphatic carbocycles. The van der Waals surface area contributed by atoms with Crippen molar-refractivity contribution in [1.82, 2.24) is 10.8 Å². The molecule has 1 aliphatic heterocycles. The van der Waals surface area contributed by atoms with Crippen molar-refractivity contribution in [2.45, 2.75) is 25.3 Å². The Morgan fingerprint density at radius 3 is 3.25 bits per heavy atom. The van der Waals surface area contributed by atoms with Crippen molar-refractivity contribution in [3.63, 3.8) is 0 Å². The maximum absolute atomic E-state index is 11.2. The maximum atomic E-state index is 11.2. The first kappa shape index (κ1) is 8.99. The van der Waals surface area contributed by atoms with Crippen LogP contribution in [0.3, 0.4) is 0 Å². The summed E-state index contributed by atoms with van der Waals surface area (Å²) in [4.78, 5) is 15.0. The smallest absolute Gasteiger partial charge is 0.244 e. The first-order valence-electron chi connectivity index (χ1n) is 4.03. The third kappa shape index (κ3) is 2.50. The van der Waals surface area contributed by atoms with Gasteiger partial charge in [-0.1, -0.05) is 0 Å². The number of hydroxylamine groups is 1. The monoisotopic (exact) mass is 171 g/mol. The average Bonchev–Trinajstić information content (AvgIpc) is 2.27. The lowest BCUT2D eigenvalue weighted by Crippen LogP contribution is -2.32. The van der Waals surface area contributed by atoms with Crippen molar-refractivity contribution in [2.24, 2.45) is 4.99 Å². The van der Waals surface area contributed by atoms with E-state index in [1.807, 2.05) is 0 Å². The number of aliphatic imine (C=N–C) groups is 1. The lowest BCUT2D eigenvalue weighted by atomic mass is 10.1. The van der Waals surface area contributed by atoms with Crippen LogP contribution in [0.1, 0.15) is 19.3 Å². The Hall–Kier alpha value is -1.10. The van der Waals surface area contributed by atoms with Crippen molar-refractivity contribution >= 4 is 12.2 Å². The van der Waals surface area contributed by atoms with Crippen LogP contribution in [0.4, 0.5) is 0 Å². The number of carbonyl (C=O) groups excluding carboxylic acids is 1. The molecule has 12 heavy (non-hydrogen) atoms. The number of hydrogen-bond donors (Lipinski definition) is 3. The predicted octanol–water partition coefficient (Wildman–Crippen LogP) is -0.338. The van der Waals surface area contributed by atoms with Gasteiger partial charge in [-0.25, -0.2) is 0 Å². The number of carbonyl (C=O) groups is 1. The van der Waals surface area contributed by atoms with Crippen LogP contribution in [0.25, 0.3) is 0 Å². The molecule has 1 unspecified atom stereocenters. The van der Waals surface area contributed by atoms with Crippen LogP contribution in [0.5, 0.6) is 0 Å². The molecule has 0 saturated carbocycles. The minimum atomic E-state index is -0.341. The van der Waals surface area contributed by atoms with Crippen LogP contribution in [0.2, 0.25) is 0 Å². The Morgan fingerprint density at radius 2 is 2.50 bits per heavy atom. The number of nitrogens with zero attached hydrogens (tertiary/aromatic N) is 1. The quantitative estimate of drug-likeness (QED) is 0.302. The highest BCUT2D eigenvalue weighted by molar-refractivity contribution is 5.83. The highest BCUT2D eigenvalue weighted by Crippen LogP contribution is 2.07. The summed E-state index contributed by atoms with van der Waals surface area (Å²) in [6.45, 7) is 0.734. The molecule has 0 aromatic heterocycles. The number of rotatable bonds is 2. The van der Waals surface area contributed by atoms with Crippen LogP contribution in [-0.2, 0) is 4.79 Å². The van der Waals surface area contributed by atoms with Crippen LogP contribution in [-0.4, -0.2) is 30.0 Å². The summed E-state index contributed by atoms with van der Waals surface area (Å²) in [6, 6.07) is -0.341. The van der Waals surface area contributed by atoms with Gasteiger partial charge < -0.3 is 5.32 Å². The fourth-order valence-corrected chi connectivity index (χ4v) is 1.19. The van der Waals surface area contributed by atoms with E-state index in [2.05, 4.69) is 10.3 Å². The zero-order chi connectivity index (χ0) is 8.81. The molecule has 0 aromatic carbocycles. The molecule has 5 heteroatoms. The van der Waals surface area contributed by atoms with E-state index in [-0.39, 0.29) is 11.9 Å². The van der Waals surface area contributed by atoms with Gasteiger partial charge >= 0.3 is 0 Å². The Bertz CT molecular complexity index is 181. The van der Waals surface area contributed by atoms with Crippen molar-refractivity contribution in [3.05, 3.63) is 0 Å². The standard InChI is InChI=1S/C7H13N3O2/c11-7-6(9-5-10-12)3-1-2-4-8-7/h5-6,12H,1-4H2,(H,8,11)(H,9,10). The molecule has 0 aromatic rings. The van der Waals surface area contributed by atoms with Crippen molar-refractivity contribution in [1.29, 1.82) is 0 Å². The second kappa shape index (κ2) is 4.71. The predicted molar refractivity (Wildman–Crippen MR) is 44.1 cm³/mol. The lowest BCUT2D eigenvalue weighted by molar-refractivity contribution is -0.121. The van der Waals surface area contributed by atoms with Crippen molar-refractivity contribution < 1.29 is 10.0 Å². The summed E-state index contributed by atoms with van der Waals surface area (Å²) in [7, 11) is 0. The van der Waals surface area contributed by atoms with E-state index in [4.69, 9.17) is 5.21 Å². The van der Waals surface area contributed by atoms with Gasteiger partial charge in [0, 0.05) is 6.54 Å². The molecule has 1 atom stereocenters. The van der Waals surface area contributed by atoms with Crippen LogP contribution in [0, 0.1) is 0 Å². The van der Waals surface area contributed by atoms with E-state index in [1.165, 1.54) is 0 Å². The number of hydrogen-bond acceptors (Lipinski definition) is 3. The van der Waals surface area contributed by atoms with Crippen LogP contribution in [0.15, 0.2) is 4.99 Å². The van der Waals surface area contributed by atoms with Gasteiger partial charge in [-0.2, -0.15) is 0 Å². The summed E-state index contributed by atoms with van der Waals surface area (Å²) in [6.07, 6.45) is 3.88. The minimum Gasteiger partial charge on any atom is -0.354 e. The van der Waals surface area contributed by atoms with Crippen molar-refractivity contribution in [2.75, 3.05) is 6.54 Å². The van der Waals surface area contributed by atoms with E-state index < -0.39 is 0 Å². The summed E-state index contributed by atoms with van der Waals surface area (Å²) < 4.78 is 0. The summed E-state index contributed by atoms with van der Waals surface area (Å²) in [5.74, 6) is -0.0565. The highest BCUT2D eigenvalue weighted by Gasteiger charge is 2.18. The van der Waals surface area contributed by atoms with Gasteiger partial charge in [0.1, 0.15) is 12.4 Å². The fourth-order valence-electron chi connectivity index (χ4n) is 1.19. The normalized spacial score (nSPS) is 25.1. The SMILES string of the molecule is O=C1NCCCCC1N=CNO. The molecule has 3 N–H and O–H groups in total. The van der Waals surface area contributed by atoms with Gasteiger partial charge in [-0.15, -0.1) is 0 Å². The van der Waals surface area contributed by atoms with E-state index in [0.29, 0.717) is 0 Å². The Morgan fingerprint density at radius 1 is 1.67 bits per heavy atom. The summed E-state index contributed by atoms with van der Waals surface area (Å²) in [5, 5.41) is 11.0. The molecule has 0 spiro atoms. The third-order valence-corrected chi connectivity index (χ3v) is 1.82. The van der Waals surface area contributed by atoms with E-state index in [9.17, 15) is 4.79 Å². The lowest BCUT2D eigenvalue weighted by Gasteiger charge is -2.05. The molecule has 1 heterocycles. The molecule has 0 radical (unpaired) electrons. The van der Waals surface area contributed by atoms with Gasteiger partial charge in [0.2, 0.25) is 5.91 Å². The molecule has 1 aliphatic rings. The molecule has 1 amide bonds. The molecule has 0 bridgehead atoms. The Balaban J connectivity index is 2.47. The minimum absolute atomic E-state index is 0.0565. The van der Waals surface area contributed by atoms with Crippen molar-refractivity contribution in [3.8, 4) is 0 Å². The van der Waals surface area contributed by atoms with Crippen LogP contribution < -0.4 is 10.8 Å². The molecule has 1 saturated heterocycles. The van der Waals surface area contributed by atoms with Gasteiger partial charge in [0.15, 0.2) is 0 Å². The third-order valence-electron chi connectivity index (χ3n) is 1.82. The zero-order valence-corrected chi connectivity index (χ0v) is 6.79. The molecule has 68 valence electrons. The summed E-state index contributed by atoms with van der Waals surface area (Å²) in [5.41, 5.74) is 1.78. The van der Waals surface area contributed by atoms with E-state index in [1.54, 1.807) is 5.48 Å². The molecule has 1 rings (SSSR count). The Labute approximate surface area is 70.8 Å². The van der Waals surface area contributed by atoms with E-state index >= 15 is 0 Å². The summed E-state index contributed by atoms with van der Waals surface area (Å²) >= 11 is 0. The first-order chi connectivity index (χ1) is 5.84. The number of amides is 1. The Kier molecular flexibility index (Phi) is 3.53. The molecule has 1 fully saturated rings. The van der Waals surface area contributed by atoms with Gasteiger partial charge in [-0.05, 0) is 19.3 Å². The van der Waals surface area contributed by atoms with Gasteiger partial charge in [0.25, 0.3) is 0 Å². The van der Waals surface area contributed by atoms with Crippen LogP contribution >= 0.6 is 0 Å². The molecular formula is C7H13N3O2. The second-order valence-electron chi connectivity index (χ2n) is 2.71. The first-order valence-corrected chi connectivity index (χ1v) is 4.03. The highest BCUT2D eigenvalue weighted by atomic mass is 16.5. The topological polar surface area (TPSA) is 73.7 Å². The maximum Gasteiger partial charge on any atom is 0.244 e. The number of nitrogens with one attached hydrogen (secondary N) is 2. The zero-order valence-electron chi connectivity index (χ0n) is 6.79. The molecule has 5 nitrogen and oxygen atoms in total.